The van der Waals surface area contributed by atoms with Crippen molar-refractivity contribution < 1.29 is 14.3 Å². The lowest BCUT2D eigenvalue weighted by Crippen LogP contribution is -2.45. The van der Waals surface area contributed by atoms with Gasteiger partial charge < -0.3 is 15.8 Å². The molecule has 0 radical (unpaired) electrons. The normalized spacial score (nSPS) is 14.1. The summed E-state index contributed by atoms with van der Waals surface area (Å²) in [7, 11) is 1.31. The molecule has 0 aromatic rings. The van der Waals surface area contributed by atoms with Gasteiger partial charge >= 0.3 is 5.97 Å². The molecule has 0 heterocycles. The first kappa shape index (κ1) is 13.9. The van der Waals surface area contributed by atoms with Crippen LogP contribution < -0.4 is 11.1 Å². The third-order valence-corrected chi connectivity index (χ3v) is 2.42. The van der Waals surface area contributed by atoms with Crippen LogP contribution in [0.5, 0.6) is 0 Å². The van der Waals surface area contributed by atoms with Gasteiger partial charge in [0.1, 0.15) is 0 Å². The number of rotatable bonds is 6. The second kappa shape index (κ2) is 7.23. The Hall–Kier alpha value is -1.10. The number of hydrogen-bond acceptors (Lipinski definition) is 4. The monoisotopic (exact) mass is 216 g/mol. The van der Waals surface area contributed by atoms with Crippen LogP contribution in [0.25, 0.3) is 0 Å². The molecule has 0 saturated heterocycles. The van der Waals surface area contributed by atoms with Crippen LogP contribution in [0.15, 0.2) is 0 Å². The fraction of sp³-hybridized carbons (Fsp3) is 0.800. The molecule has 0 spiro atoms. The van der Waals surface area contributed by atoms with Crippen molar-refractivity contribution in [3.8, 4) is 0 Å². The van der Waals surface area contributed by atoms with E-state index in [1.807, 2.05) is 13.8 Å². The number of methoxy groups -OCH3 is 1. The van der Waals surface area contributed by atoms with Crippen molar-refractivity contribution in [2.45, 2.75) is 32.7 Å². The Balaban J connectivity index is 3.78. The highest BCUT2D eigenvalue weighted by molar-refractivity contribution is 5.82. The van der Waals surface area contributed by atoms with Gasteiger partial charge in [0.2, 0.25) is 5.91 Å². The fourth-order valence-electron chi connectivity index (χ4n) is 1.02. The standard InChI is InChI=1S/C10H20N2O3/c1-4-7(2)9(11)10(14)12-6-5-8(13)15-3/h7,9H,4-6,11H2,1-3H3,(H,12,14)/t7?,9-/m0/s1. The van der Waals surface area contributed by atoms with Gasteiger partial charge in [-0.3, -0.25) is 9.59 Å². The average molecular weight is 216 g/mol. The first-order valence-electron chi connectivity index (χ1n) is 5.13. The second-order valence-corrected chi connectivity index (χ2v) is 3.53. The number of carbonyl (C=O) groups excluding carboxylic acids is 2. The maximum Gasteiger partial charge on any atom is 0.307 e. The van der Waals surface area contributed by atoms with Crippen LogP contribution in [0.1, 0.15) is 26.7 Å². The lowest BCUT2D eigenvalue weighted by Gasteiger charge is -2.17. The SMILES string of the molecule is CCC(C)[C@H](N)C(=O)NCCC(=O)OC. The van der Waals surface area contributed by atoms with Gasteiger partial charge in [-0.05, 0) is 5.92 Å². The Labute approximate surface area is 90.4 Å². The molecule has 0 aromatic heterocycles. The van der Waals surface area contributed by atoms with Crippen molar-refractivity contribution >= 4 is 11.9 Å². The number of ether oxygens (including phenoxy) is 1. The molecule has 0 bridgehead atoms. The van der Waals surface area contributed by atoms with E-state index in [1.54, 1.807) is 0 Å². The first-order chi connectivity index (χ1) is 7.02. The molecule has 88 valence electrons. The summed E-state index contributed by atoms with van der Waals surface area (Å²) < 4.78 is 4.44. The highest BCUT2D eigenvalue weighted by Gasteiger charge is 2.18. The van der Waals surface area contributed by atoms with Crippen molar-refractivity contribution in [2.24, 2.45) is 11.7 Å². The molecular weight excluding hydrogens is 196 g/mol. The molecule has 0 saturated carbocycles. The predicted octanol–water partition coefficient (Wildman–Crippen LogP) is 0.0391. The molecule has 0 aliphatic carbocycles. The van der Waals surface area contributed by atoms with Crippen LogP contribution in [0.3, 0.4) is 0 Å². The molecular formula is C10H20N2O3. The summed E-state index contributed by atoms with van der Waals surface area (Å²) in [6.45, 7) is 4.17. The Kier molecular flexibility index (Phi) is 6.70. The minimum Gasteiger partial charge on any atom is -0.469 e. The predicted molar refractivity (Wildman–Crippen MR) is 57.1 cm³/mol. The summed E-state index contributed by atoms with van der Waals surface area (Å²) in [6, 6.07) is -0.507. The number of amides is 1. The molecule has 0 aliphatic rings. The highest BCUT2D eigenvalue weighted by Crippen LogP contribution is 2.04. The van der Waals surface area contributed by atoms with E-state index in [0.29, 0.717) is 0 Å². The van der Waals surface area contributed by atoms with Crippen LogP contribution in [0.4, 0.5) is 0 Å². The van der Waals surface area contributed by atoms with Gasteiger partial charge in [0.25, 0.3) is 0 Å². The smallest absolute Gasteiger partial charge is 0.307 e. The minimum absolute atomic E-state index is 0.142. The zero-order valence-corrected chi connectivity index (χ0v) is 9.58. The molecule has 15 heavy (non-hydrogen) atoms. The van der Waals surface area contributed by atoms with E-state index < -0.39 is 6.04 Å². The summed E-state index contributed by atoms with van der Waals surface area (Å²) in [5, 5.41) is 2.60. The third-order valence-electron chi connectivity index (χ3n) is 2.42. The van der Waals surface area contributed by atoms with Crippen molar-refractivity contribution in [1.29, 1.82) is 0 Å². The molecule has 3 N–H and O–H groups in total. The quantitative estimate of drug-likeness (QED) is 0.614. The molecule has 0 fully saturated rings. The molecule has 5 heteroatoms. The molecule has 0 aromatic carbocycles. The number of nitrogens with two attached hydrogens (primary N) is 1. The Bertz CT molecular complexity index is 219. The lowest BCUT2D eigenvalue weighted by atomic mass is 9.99. The number of esters is 1. The molecule has 0 aliphatic heterocycles. The average Bonchev–Trinajstić information content (AvgIpc) is 2.26. The maximum absolute atomic E-state index is 11.4. The van der Waals surface area contributed by atoms with E-state index in [2.05, 4.69) is 10.1 Å². The number of hydrogen-bond donors (Lipinski definition) is 2. The van der Waals surface area contributed by atoms with E-state index in [0.717, 1.165) is 6.42 Å². The maximum atomic E-state index is 11.4. The topological polar surface area (TPSA) is 81.4 Å². The van der Waals surface area contributed by atoms with Crippen LogP contribution in [-0.4, -0.2) is 31.6 Å². The minimum atomic E-state index is -0.507. The lowest BCUT2D eigenvalue weighted by molar-refractivity contribution is -0.140. The summed E-state index contributed by atoms with van der Waals surface area (Å²) >= 11 is 0. The summed E-state index contributed by atoms with van der Waals surface area (Å²) in [6.07, 6.45) is 1.03. The van der Waals surface area contributed by atoms with E-state index in [4.69, 9.17) is 5.73 Å². The van der Waals surface area contributed by atoms with E-state index in [-0.39, 0.29) is 30.8 Å². The summed E-state index contributed by atoms with van der Waals surface area (Å²) in [5.41, 5.74) is 5.69. The summed E-state index contributed by atoms with van der Waals surface area (Å²) in [5.74, 6) is -0.413. The van der Waals surface area contributed by atoms with Crippen molar-refractivity contribution in [1.82, 2.24) is 5.32 Å². The molecule has 1 unspecified atom stereocenters. The van der Waals surface area contributed by atoms with Crippen LogP contribution in [-0.2, 0) is 14.3 Å². The fourth-order valence-corrected chi connectivity index (χ4v) is 1.02. The zero-order valence-electron chi connectivity index (χ0n) is 9.58. The van der Waals surface area contributed by atoms with Gasteiger partial charge in [-0.15, -0.1) is 0 Å². The second-order valence-electron chi connectivity index (χ2n) is 3.53. The van der Waals surface area contributed by atoms with Crippen LogP contribution in [0, 0.1) is 5.92 Å². The molecule has 0 rings (SSSR count). The number of nitrogens with one attached hydrogen (secondary N) is 1. The first-order valence-corrected chi connectivity index (χ1v) is 5.13. The summed E-state index contributed by atoms with van der Waals surface area (Å²) in [4.78, 5) is 22.2. The highest BCUT2D eigenvalue weighted by atomic mass is 16.5. The van der Waals surface area contributed by atoms with E-state index >= 15 is 0 Å². The third kappa shape index (κ3) is 5.37. The van der Waals surface area contributed by atoms with Gasteiger partial charge in [-0.2, -0.15) is 0 Å². The molecule has 5 nitrogen and oxygen atoms in total. The Morgan fingerprint density at radius 1 is 1.47 bits per heavy atom. The number of carbonyl (C=O) groups is 2. The van der Waals surface area contributed by atoms with Gasteiger partial charge in [0.05, 0.1) is 19.6 Å². The zero-order chi connectivity index (χ0) is 11.8. The van der Waals surface area contributed by atoms with Gasteiger partial charge in [-0.25, -0.2) is 0 Å². The van der Waals surface area contributed by atoms with Gasteiger partial charge in [0, 0.05) is 6.54 Å². The van der Waals surface area contributed by atoms with Gasteiger partial charge in [-0.1, -0.05) is 20.3 Å². The van der Waals surface area contributed by atoms with Crippen LogP contribution in [0.2, 0.25) is 0 Å². The van der Waals surface area contributed by atoms with E-state index in [9.17, 15) is 9.59 Å². The largest absolute Gasteiger partial charge is 0.469 e. The van der Waals surface area contributed by atoms with Crippen molar-refractivity contribution in [3.63, 3.8) is 0 Å². The molecule has 1 amide bonds. The Morgan fingerprint density at radius 3 is 2.53 bits per heavy atom. The van der Waals surface area contributed by atoms with Crippen molar-refractivity contribution in [2.75, 3.05) is 13.7 Å². The Morgan fingerprint density at radius 2 is 2.07 bits per heavy atom. The van der Waals surface area contributed by atoms with Gasteiger partial charge in [0.15, 0.2) is 0 Å². The van der Waals surface area contributed by atoms with Crippen LogP contribution >= 0.6 is 0 Å². The van der Waals surface area contributed by atoms with Crippen molar-refractivity contribution in [3.05, 3.63) is 0 Å². The molecule has 2 atom stereocenters. The van der Waals surface area contributed by atoms with E-state index in [1.165, 1.54) is 7.11 Å².